The minimum Gasteiger partial charge on any atom is -0.325 e. The maximum Gasteiger partial charge on any atom is 0.330 e. The summed E-state index contributed by atoms with van der Waals surface area (Å²) >= 11 is 0. The number of aryl methyl sites for hydroxylation is 1. The summed E-state index contributed by atoms with van der Waals surface area (Å²) in [6.45, 7) is 4.74. The van der Waals surface area contributed by atoms with E-state index in [0.29, 0.717) is 13.0 Å². The van der Waals surface area contributed by atoms with E-state index in [-0.39, 0.29) is 23.4 Å². The Balaban J connectivity index is 1.75. The Morgan fingerprint density at radius 1 is 1.13 bits per heavy atom. The topological polar surface area (TPSA) is 99.2 Å². The van der Waals surface area contributed by atoms with Gasteiger partial charge in [-0.05, 0) is 38.8 Å². The van der Waals surface area contributed by atoms with Gasteiger partial charge in [-0.2, -0.15) is 4.31 Å². The molecule has 0 bridgehead atoms. The third-order valence-corrected chi connectivity index (χ3v) is 7.77. The van der Waals surface area contributed by atoms with E-state index in [1.54, 1.807) is 0 Å². The second-order valence-electron chi connectivity index (χ2n) is 8.38. The van der Waals surface area contributed by atoms with Gasteiger partial charge in [0, 0.05) is 45.3 Å². The van der Waals surface area contributed by atoms with Crippen LogP contribution >= 0.6 is 0 Å². The van der Waals surface area contributed by atoms with Crippen LogP contribution < -0.4 is 11.2 Å². The van der Waals surface area contributed by atoms with Crippen molar-refractivity contribution >= 4 is 21.1 Å². The molecule has 0 saturated carbocycles. The highest BCUT2D eigenvalue weighted by atomic mass is 32.2. The van der Waals surface area contributed by atoms with E-state index in [0.717, 1.165) is 38.6 Å². The van der Waals surface area contributed by atoms with Crippen molar-refractivity contribution in [3.05, 3.63) is 57.1 Å². The number of benzene rings is 1. The van der Waals surface area contributed by atoms with E-state index in [1.165, 1.54) is 18.4 Å². The molecule has 0 radical (unpaired) electrons. The monoisotopic (exact) mass is 445 g/mol. The minimum atomic E-state index is -4.06. The SMILES string of the molecule is CC(C)n1c(C2CCCN(S(=O)(=O)c3cn(C)c(=O)n(C)c3=O)C2)nc2ccccc21. The van der Waals surface area contributed by atoms with Crippen molar-refractivity contribution in [3.63, 3.8) is 0 Å². The van der Waals surface area contributed by atoms with Gasteiger partial charge in [-0.3, -0.25) is 9.36 Å². The molecule has 1 saturated heterocycles. The van der Waals surface area contributed by atoms with Crippen molar-refractivity contribution in [2.45, 2.75) is 43.5 Å². The van der Waals surface area contributed by atoms with Gasteiger partial charge in [-0.25, -0.2) is 18.2 Å². The molecule has 1 unspecified atom stereocenters. The van der Waals surface area contributed by atoms with Crippen molar-refractivity contribution in [1.82, 2.24) is 23.0 Å². The molecule has 1 aliphatic heterocycles. The molecule has 3 heterocycles. The number of fused-ring (bicyclic) bond motifs is 1. The van der Waals surface area contributed by atoms with E-state index in [2.05, 4.69) is 18.4 Å². The summed E-state index contributed by atoms with van der Waals surface area (Å²) in [5, 5.41) is 0. The number of hydrogen-bond acceptors (Lipinski definition) is 5. The van der Waals surface area contributed by atoms with Crippen molar-refractivity contribution < 1.29 is 8.42 Å². The molecule has 1 fully saturated rings. The fraction of sp³-hybridized carbons (Fsp3) is 0.476. The molecular formula is C21H27N5O4S. The van der Waals surface area contributed by atoms with E-state index in [1.807, 2.05) is 24.3 Å². The summed E-state index contributed by atoms with van der Waals surface area (Å²) in [7, 11) is -1.33. The van der Waals surface area contributed by atoms with E-state index in [9.17, 15) is 18.0 Å². The lowest BCUT2D eigenvalue weighted by Crippen LogP contribution is -2.45. The van der Waals surface area contributed by atoms with Crippen LogP contribution in [0, 0.1) is 0 Å². The molecule has 10 heteroatoms. The third kappa shape index (κ3) is 3.53. The predicted octanol–water partition coefficient (Wildman–Crippen LogP) is 1.58. The Kier molecular flexibility index (Phi) is 5.38. The molecule has 166 valence electrons. The molecule has 1 aliphatic rings. The molecule has 31 heavy (non-hydrogen) atoms. The molecule has 1 aromatic carbocycles. The Morgan fingerprint density at radius 2 is 1.84 bits per heavy atom. The van der Waals surface area contributed by atoms with Crippen LogP contribution in [0.5, 0.6) is 0 Å². The first kappa shape index (κ1) is 21.5. The Bertz CT molecular complexity index is 1370. The number of aromatic nitrogens is 4. The van der Waals surface area contributed by atoms with Gasteiger partial charge < -0.3 is 9.13 Å². The maximum absolute atomic E-state index is 13.4. The zero-order chi connectivity index (χ0) is 22.5. The molecule has 0 aliphatic carbocycles. The molecule has 1 atom stereocenters. The normalized spacial score (nSPS) is 18.2. The third-order valence-electron chi connectivity index (χ3n) is 5.92. The zero-order valence-electron chi connectivity index (χ0n) is 18.1. The Morgan fingerprint density at radius 3 is 2.55 bits per heavy atom. The number of imidazole rings is 1. The summed E-state index contributed by atoms with van der Waals surface area (Å²) in [5.74, 6) is 0.777. The van der Waals surface area contributed by atoms with Crippen LogP contribution in [0.25, 0.3) is 11.0 Å². The van der Waals surface area contributed by atoms with Crippen molar-refractivity contribution in [1.29, 1.82) is 0 Å². The van der Waals surface area contributed by atoms with Crippen LogP contribution in [0.2, 0.25) is 0 Å². The summed E-state index contributed by atoms with van der Waals surface area (Å²) in [4.78, 5) is 29.0. The van der Waals surface area contributed by atoms with Crippen LogP contribution in [0.15, 0.2) is 44.9 Å². The lowest BCUT2D eigenvalue weighted by Gasteiger charge is -2.32. The largest absolute Gasteiger partial charge is 0.330 e. The minimum absolute atomic E-state index is 0.0882. The predicted molar refractivity (Wildman–Crippen MR) is 118 cm³/mol. The number of piperidine rings is 1. The second kappa shape index (κ2) is 7.76. The number of para-hydroxylation sites is 2. The average molecular weight is 446 g/mol. The summed E-state index contributed by atoms with van der Waals surface area (Å²) in [5.41, 5.74) is 0.545. The second-order valence-corrected chi connectivity index (χ2v) is 10.3. The quantitative estimate of drug-likeness (QED) is 0.607. The zero-order valence-corrected chi connectivity index (χ0v) is 19.0. The van der Waals surface area contributed by atoms with E-state index < -0.39 is 21.3 Å². The molecule has 9 nitrogen and oxygen atoms in total. The van der Waals surface area contributed by atoms with Gasteiger partial charge in [0.1, 0.15) is 5.82 Å². The van der Waals surface area contributed by atoms with Crippen LogP contribution in [0.4, 0.5) is 0 Å². The van der Waals surface area contributed by atoms with Crippen molar-refractivity contribution in [3.8, 4) is 0 Å². The first-order valence-corrected chi connectivity index (χ1v) is 11.8. The van der Waals surface area contributed by atoms with E-state index in [4.69, 9.17) is 4.98 Å². The van der Waals surface area contributed by atoms with Gasteiger partial charge in [0.2, 0.25) is 10.0 Å². The van der Waals surface area contributed by atoms with Crippen LogP contribution in [-0.2, 0) is 24.1 Å². The van der Waals surface area contributed by atoms with Crippen LogP contribution in [0.3, 0.4) is 0 Å². The fourth-order valence-electron chi connectivity index (χ4n) is 4.36. The molecule has 4 rings (SSSR count). The van der Waals surface area contributed by atoms with Crippen LogP contribution in [-0.4, -0.2) is 44.5 Å². The lowest BCUT2D eigenvalue weighted by molar-refractivity contribution is 0.302. The fourth-order valence-corrected chi connectivity index (χ4v) is 6.03. The summed E-state index contributed by atoms with van der Waals surface area (Å²) in [6.07, 6.45) is 2.59. The van der Waals surface area contributed by atoms with Gasteiger partial charge in [0.15, 0.2) is 4.90 Å². The molecule has 0 amide bonds. The highest BCUT2D eigenvalue weighted by Crippen LogP contribution is 2.33. The van der Waals surface area contributed by atoms with Gasteiger partial charge in [-0.15, -0.1) is 0 Å². The summed E-state index contributed by atoms with van der Waals surface area (Å²) < 4.78 is 32.2. The first-order chi connectivity index (χ1) is 14.6. The van der Waals surface area contributed by atoms with E-state index >= 15 is 0 Å². The molecule has 0 N–H and O–H groups in total. The van der Waals surface area contributed by atoms with Gasteiger partial charge in [0.25, 0.3) is 5.56 Å². The summed E-state index contributed by atoms with van der Waals surface area (Å²) in [6, 6.07) is 8.07. The Labute approximate surface area is 180 Å². The molecule has 0 spiro atoms. The average Bonchev–Trinajstić information content (AvgIpc) is 3.14. The van der Waals surface area contributed by atoms with Crippen LogP contribution in [0.1, 0.15) is 44.5 Å². The molecular weight excluding hydrogens is 418 g/mol. The Hall–Kier alpha value is -2.72. The number of nitrogens with zero attached hydrogens (tertiary/aromatic N) is 5. The smallest absolute Gasteiger partial charge is 0.325 e. The number of rotatable bonds is 4. The highest BCUT2D eigenvalue weighted by molar-refractivity contribution is 7.89. The van der Waals surface area contributed by atoms with Gasteiger partial charge in [-0.1, -0.05) is 12.1 Å². The molecule has 2 aromatic heterocycles. The first-order valence-electron chi connectivity index (χ1n) is 10.4. The number of hydrogen-bond donors (Lipinski definition) is 0. The van der Waals surface area contributed by atoms with Gasteiger partial charge in [0.05, 0.1) is 11.0 Å². The molecule has 3 aromatic rings. The van der Waals surface area contributed by atoms with Crippen molar-refractivity contribution in [2.75, 3.05) is 13.1 Å². The maximum atomic E-state index is 13.4. The number of sulfonamides is 1. The lowest BCUT2D eigenvalue weighted by atomic mass is 9.98. The van der Waals surface area contributed by atoms with Gasteiger partial charge >= 0.3 is 5.69 Å². The highest BCUT2D eigenvalue weighted by Gasteiger charge is 2.35. The standard InChI is InChI=1S/C21H27N5O4S/c1-14(2)26-17-10-6-5-9-16(17)22-19(26)15-8-7-11-25(12-15)31(29,30)18-13-23(3)21(28)24(4)20(18)27/h5-6,9-10,13-15H,7-8,11-12H2,1-4H3. The van der Waals surface area contributed by atoms with Crippen molar-refractivity contribution in [2.24, 2.45) is 14.1 Å².